The van der Waals surface area contributed by atoms with Crippen molar-refractivity contribution in [3.63, 3.8) is 0 Å². The third-order valence-corrected chi connectivity index (χ3v) is 4.80. The molecule has 2 fully saturated rings. The topological polar surface area (TPSA) is 61.4 Å². The fourth-order valence-corrected chi connectivity index (χ4v) is 3.39. The lowest BCUT2D eigenvalue weighted by Crippen LogP contribution is -2.42. The van der Waals surface area contributed by atoms with Gasteiger partial charge in [0.2, 0.25) is 5.91 Å². The second-order valence-electron chi connectivity index (χ2n) is 5.90. The van der Waals surface area contributed by atoms with Crippen molar-refractivity contribution in [3.8, 4) is 0 Å². The standard InChI is InChI=1S/C16H20ClN3O2/c17-13-8-4-1-5-11(13)9-18-15(21)14-10-20(16(22)19-14)12-6-2-3-7-12/h1,4-5,8,12,14H,2-3,6-7,9-10H2,(H,18,21)(H,19,22). The maximum absolute atomic E-state index is 12.2. The Kier molecular flexibility index (Phi) is 4.52. The minimum Gasteiger partial charge on any atom is -0.350 e. The van der Waals surface area contributed by atoms with Crippen LogP contribution in [-0.2, 0) is 11.3 Å². The minimum absolute atomic E-state index is 0.121. The van der Waals surface area contributed by atoms with Crippen LogP contribution in [-0.4, -0.2) is 35.5 Å². The summed E-state index contributed by atoms with van der Waals surface area (Å²) in [5.74, 6) is -0.159. The van der Waals surface area contributed by atoms with Crippen molar-refractivity contribution in [2.75, 3.05) is 6.54 Å². The highest BCUT2D eigenvalue weighted by atomic mass is 35.5. The molecule has 0 spiro atoms. The molecule has 3 amide bonds. The summed E-state index contributed by atoms with van der Waals surface area (Å²) in [7, 11) is 0. The van der Waals surface area contributed by atoms with Gasteiger partial charge in [-0.05, 0) is 24.5 Å². The second kappa shape index (κ2) is 6.57. The first-order valence-corrected chi connectivity index (χ1v) is 8.11. The third-order valence-electron chi connectivity index (χ3n) is 4.43. The normalized spacial score (nSPS) is 22.0. The first-order chi connectivity index (χ1) is 10.6. The van der Waals surface area contributed by atoms with Gasteiger partial charge in [-0.15, -0.1) is 0 Å². The lowest BCUT2D eigenvalue weighted by Gasteiger charge is -2.22. The number of hydrogen-bond acceptors (Lipinski definition) is 2. The summed E-state index contributed by atoms with van der Waals surface area (Å²) in [6.45, 7) is 0.826. The molecule has 1 saturated heterocycles. The molecule has 22 heavy (non-hydrogen) atoms. The molecule has 1 aromatic rings. The average Bonchev–Trinajstić information content (AvgIpc) is 3.15. The average molecular weight is 322 g/mol. The Balaban J connectivity index is 1.55. The summed E-state index contributed by atoms with van der Waals surface area (Å²) in [5, 5.41) is 6.25. The van der Waals surface area contributed by atoms with Gasteiger partial charge in [0.1, 0.15) is 6.04 Å². The zero-order chi connectivity index (χ0) is 15.5. The Bertz CT molecular complexity index is 572. The Hall–Kier alpha value is -1.75. The van der Waals surface area contributed by atoms with Crippen LogP contribution in [0.3, 0.4) is 0 Å². The van der Waals surface area contributed by atoms with Crippen molar-refractivity contribution >= 4 is 23.5 Å². The highest BCUT2D eigenvalue weighted by molar-refractivity contribution is 6.31. The van der Waals surface area contributed by atoms with E-state index in [0.29, 0.717) is 24.2 Å². The molecule has 5 nitrogen and oxygen atoms in total. The molecule has 6 heteroatoms. The molecule has 0 bridgehead atoms. The monoisotopic (exact) mass is 321 g/mol. The Morgan fingerprint density at radius 3 is 2.77 bits per heavy atom. The summed E-state index contributed by atoms with van der Waals surface area (Å²) in [5.41, 5.74) is 0.870. The number of halogens is 1. The summed E-state index contributed by atoms with van der Waals surface area (Å²) in [6, 6.07) is 7.10. The van der Waals surface area contributed by atoms with E-state index >= 15 is 0 Å². The van der Waals surface area contributed by atoms with Gasteiger partial charge in [0.25, 0.3) is 0 Å². The summed E-state index contributed by atoms with van der Waals surface area (Å²) in [4.78, 5) is 26.1. The van der Waals surface area contributed by atoms with Crippen molar-refractivity contribution in [2.24, 2.45) is 0 Å². The van der Waals surface area contributed by atoms with Crippen molar-refractivity contribution in [1.82, 2.24) is 15.5 Å². The van der Waals surface area contributed by atoms with Gasteiger partial charge < -0.3 is 15.5 Å². The molecule has 1 unspecified atom stereocenters. The number of benzene rings is 1. The fraction of sp³-hybridized carbons (Fsp3) is 0.500. The number of amides is 3. The molecule has 0 radical (unpaired) electrons. The molecule has 3 rings (SSSR count). The minimum atomic E-state index is -0.476. The van der Waals surface area contributed by atoms with E-state index in [1.807, 2.05) is 23.1 Å². The molecule has 0 aromatic heterocycles. The van der Waals surface area contributed by atoms with Gasteiger partial charge >= 0.3 is 6.03 Å². The van der Waals surface area contributed by atoms with Gasteiger partial charge in [-0.1, -0.05) is 42.6 Å². The van der Waals surface area contributed by atoms with E-state index in [2.05, 4.69) is 10.6 Å². The van der Waals surface area contributed by atoms with Gasteiger partial charge in [0.05, 0.1) is 6.54 Å². The molecule has 118 valence electrons. The van der Waals surface area contributed by atoms with Crippen LogP contribution < -0.4 is 10.6 Å². The molecule has 2 aliphatic rings. The second-order valence-corrected chi connectivity index (χ2v) is 6.31. The van der Waals surface area contributed by atoms with E-state index in [1.54, 1.807) is 6.07 Å². The Morgan fingerprint density at radius 1 is 1.32 bits per heavy atom. The lowest BCUT2D eigenvalue weighted by molar-refractivity contribution is -0.122. The van der Waals surface area contributed by atoms with Gasteiger partial charge in [0, 0.05) is 17.6 Å². The lowest BCUT2D eigenvalue weighted by atomic mass is 10.2. The van der Waals surface area contributed by atoms with Gasteiger partial charge in [-0.25, -0.2) is 4.79 Å². The number of nitrogens with one attached hydrogen (secondary N) is 2. The number of rotatable bonds is 4. The van der Waals surface area contributed by atoms with E-state index in [9.17, 15) is 9.59 Å². The van der Waals surface area contributed by atoms with Crippen LogP contribution in [0.25, 0.3) is 0 Å². The van der Waals surface area contributed by atoms with Crippen molar-refractivity contribution in [1.29, 1.82) is 0 Å². The SMILES string of the molecule is O=C(NCc1ccccc1Cl)C1CN(C2CCCC2)C(=O)N1. The largest absolute Gasteiger partial charge is 0.350 e. The third kappa shape index (κ3) is 3.19. The van der Waals surface area contributed by atoms with Gasteiger partial charge in [-0.3, -0.25) is 4.79 Å². The number of hydrogen-bond donors (Lipinski definition) is 2. The van der Waals surface area contributed by atoms with Crippen LogP contribution in [0.5, 0.6) is 0 Å². The van der Waals surface area contributed by atoms with Crippen LogP contribution in [0, 0.1) is 0 Å². The van der Waals surface area contributed by atoms with Crippen LogP contribution in [0.4, 0.5) is 4.79 Å². The molecule has 1 saturated carbocycles. The van der Waals surface area contributed by atoms with E-state index < -0.39 is 6.04 Å². The first-order valence-electron chi connectivity index (χ1n) is 7.73. The zero-order valence-electron chi connectivity index (χ0n) is 12.3. The predicted molar refractivity (Wildman–Crippen MR) is 84.6 cm³/mol. The molecule has 1 atom stereocenters. The summed E-state index contributed by atoms with van der Waals surface area (Å²) < 4.78 is 0. The van der Waals surface area contributed by atoms with Crippen LogP contribution in [0.1, 0.15) is 31.2 Å². The summed E-state index contributed by atoms with van der Waals surface area (Å²) >= 11 is 6.07. The van der Waals surface area contributed by atoms with E-state index in [1.165, 1.54) is 0 Å². The van der Waals surface area contributed by atoms with Crippen LogP contribution >= 0.6 is 11.6 Å². The van der Waals surface area contributed by atoms with E-state index in [-0.39, 0.29) is 11.9 Å². The zero-order valence-corrected chi connectivity index (χ0v) is 13.1. The fourth-order valence-electron chi connectivity index (χ4n) is 3.18. The Morgan fingerprint density at radius 2 is 2.05 bits per heavy atom. The highest BCUT2D eigenvalue weighted by Gasteiger charge is 2.38. The molecule has 1 aliphatic heterocycles. The highest BCUT2D eigenvalue weighted by Crippen LogP contribution is 2.25. The van der Waals surface area contributed by atoms with Crippen LogP contribution in [0.2, 0.25) is 5.02 Å². The maximum Gasteiger partial charge on any atom is 0.318 e. The quantitative estimate of drug-likeness (QED) is 0.894. The molecular formula is C16H20ClN3O2. The first kappa shape index (κ1) is 15.2. The van der Waals surface area contributed by atoms with E-state index in [0.717, 1.165) is 31.2 Å². The van der Waals surface area contributed by atoms with E-state index in [4.69, 9.17) is 11.6 Å². The summed E-state index contributed by atoms with van der Waals surface area (Å²) in [6.07, 6.45) is 4.42. The number of carbonyl (C=O) groups is 2. The van der Waals surface area contributed by atoms with Crippen molar-refractivity contribution in [3.05, 3.63) is 34.9 Å². The molecule has 1 aromatic carbocycles. The number of carbonyl (C=O) groups excluding carboxylic acids is 2. The van der Waals surface area contributed by atoms with Crippen molar-refractivity contribution in [2.45, 2.75) is 44.3 Å². The number of nitrogens with zero attached hydrogens (tertiary/aromatic N) is 1. The van der Waals surface area contributed by atoms with Crippen LogP contribution in [0.15, 0.2) is 24.3 Å². The smallest absolute Gasteiger partial charge is 0.318 e. The molecular weight excluding hydrogens is 302 g/mol. The molecule has 1 heterocycles. The molecule has 1 aliphatic carbocycles. The number of urea groups is 1. The Labute approximate surface area is 135 Å². The predicted octanol–water partition coefficient (Wildman–Crippen LogP) is 2.29. The van der Waals surface area contributed by atoms with Gasteiger partial charge in [-0.2, -0.15) is 0 Å². The maximum atomic E-state index is 12.2. The van der Waals surface area contributed by atoms with Gasteiger partial charge in [0.15, 0.2) is 0 Å². The molecule has 2 N–H and O–H groups in total. The van der Waals surface area contributed by atoms with Crippen molar-refractivity contribution < 1.29 is 9.59 Å².